The second-order valence-corrected chi connectivity index (χ2v) is 8.25. The monoisotopic (exact) mass is 413 g/mol. The molecule has 0 aliphatic carbocycles. The van der Waals surface area contributed by atoms with Crippen molar-refractivity contribution in [3.63, 3.8) is 0 Å². The normalized spacial score (nSPS) is 17.9. The van der Waals surface area contributed by atoms with Crippen LogP contribution in [0.25, 0.3) is 0 Å². The van der Waals surface area contributed by atoms with E-state index in [9.17, 15) is 13.2 Å². The summed E-state index contributed by atoms with van der Waals surface area (Å²) in [5.41, 5.74) is 1.55. The number of benzene rings is 2. The summed E-state index contributed by atoms with van der Waals surface area (Å²) >= 11 is 0. The molecule has 29 heavy (non-hydrogen) atoms. The summed E-state index contributed by atoms with van der Waals surface area (Å²) in [7, 11) is -2.75. The Bertz CT molecular complexity index is 1130. The maximum Gasteiger partial charge on any atom is 0.345 e. The lowest BCUT2D eigenvalue weighted by Gasteiger charge is -2.25. The molecular weight excluding hydrogens is 394 g/mol. The van der Waals surface area contributed by atoms with Gasteiger partial charge in [-0.25, -0.2) is 4.31 Å². The number of nitrogens with one attached hydrogen (secondary N) is 1. The number of likely N-dealkylation sites (N-methyl/N-ethyl adjacent to an activating group) is 1. The number of carbonyl (C=O) groups is 1. The molecule has 0 saturated carbocycles. The second kappa shape index (κ2) is 7.25. The first kappa shape index (κ1) is 19.0. The van der Waals surface area contributed by atoms with Crippen molar-refractivity contribution >= 4 is 21.8 Å². The number of fused-ring (bicyclic) bond motifs is 1. The minimum Gasteiger partial charge on any atom is -0.454 e. The Kier molecular flexibility index (Phi) is 4.75. The molecule has 2 heterocycles. The van der Waals surface area contributed by atoms with Crippen molar-refractivity contribution < 1.29 is 22.7 Å². The van der Waals surface area contributed by atoms with Gasteiger partial charge in [-0.2, -0.15) is 8.42 Å². The fourth-order valence-corrected chi connectivity index (χ4v) is 3.97. The molecule has 8 nitrogen and oxygen atoms in total. The molecule has 0 spiro atoms. The van der Waals surface area contributed by atoms with Gasteiger partial charge in [0.2, 0.25) is 6.79 Å². The number of rotatable bonds is 4. The highest BCUT2D eigenvalue weighted by Crippen LogP contribution is 2.33. The van der Waals surface area contributed by atoms with Crippen LogP contribution in [0.1, 0.15) is 24.1 Å². The van der Waals surface area contributed by atoms with Crippen molar-refractivity contribution in [1.82, 2.24) is 9.62 Å². The van der Waals surface area contributed by atoms with E-state index in [-0.39, 0.29) is 24.2 Å². The summed E-state index contributed by atoms with van der Waals surface area (Å²) < 4.78 is 40.4. The molecule has 2 aromatic rings. The number of hydrogen-bond donors (Lipinski definition) is 1. The standard InChI is InChI=1S/C20H19N3O5S/c1-13(14-6-4-3-5-7-14)21-20(24)17-11-16(22-29(25,26)23(17)2)15-8-9-18-19(10-15)28-12-27-18/h3-11,13H,12H2,1-2H3,(H,21,24)/t13-/m1/s1. The Morgan fingerprint density at radius 3 is 2.62 bits per heavy atom. The number of nitrogens with zero attached hydrogens (tertiary/aromatic N) is 2. The first-order chi connectivity index (χ1) is 13.8. The minimum atomic E-state index is -4.05. The SMILES string of the molecule is C[C@@H](NC(=O)C1=CC(c2ccc3c(c2)OCO3)=NS(=O)(=O)N1C)c1ccccc1. The van der Waals surface area contributed by atoms with E-state index in [0.717, 1.165) is 9.87 Å². The Morgan fingerprint density at radius 2 is 1.86 bits per heavy atom. The molecule has 2 aliphatic heterocycles. The first-order valence-corrected chi connectivity index (χ1v) is 10.3. The topological polar surface area (TPSA) is 97.3 Å². The molecule has 0 bridgehead atoms. The van der Waals surface area contributed by atoms with Crippen LogP contribution in [0, 0.1) is 0 Å². The van der Waals surface area contributed by atoms with E-state index >= 15 is 0 Å². The van der Waals surface area contributed by atoms with Crippen LogP contribution in [0.5, 0.6) is 11.5 Å². The Balaban J connectivity index is 1.65. The van der Waals surface area contributed by atoms with Crippen molar-refractivity contribution in [3.8, 4) is 11.5 Å². The molecule has 0 aromatic heterocycles. The smallest absolute Gasteiger partial charge is 0.345 e. The van der Waals surface area contributed by atoms with Crippen LogP contribution in [-0.2, 0) is 15.0 Å². The van der Waals surface area contributed by atoms with E-state index in [4.69, 9.17) is 9.47 Å². The van der Waals surface area contributed by atoms with Crippen LogP contribution in [0.15, 0.2) is 64.7 Å². The fraction of sp³-hybridized carbons (Fsp3) is 0.200. The van der Waals surface area contributed by atoms with E-state index < -0.39 is 16.1 Å². The van der Waals surface area contributed by atoms with Crippen molar-refractivity contribution in [2.24, 2.45) is 4.40 Å². The minimum absolute atomic E-state index is 0.0181. The van der Waals surface area contributed by atoms with Gasteiger partial charge >= 0.3 is 10.2 Å². The van der Waals surface area contributed by atoms with Gasteiger partial charge in [-0.3, -0.25) is 4.79 Å². The van der Waals surface area contributed by atoms with Crippen LogP contribution in [-0.4, -0.2) is 38.2 Å². The summed E-state index contributed by atoms with van der Waals surface area (Å²) in [6.07, 6.45) is 1.45. The Labute approximate surface area is 168 Å². The highest BCUT2D eigenvalue weighted by molar-refractivity contribution is 7.88. The molecule has 1 N–H and O–H groups in total. The molecule has 150 valence electrons. The maximum absolute atomic E-state index is 12.9. The predicted molar refractivity (Wildman–Crippen MR) is 107 cm³/mol. The van der Waals surface area contributed by atoms with Gasteiger partial charge in [-0.15, -0.1) is 4.40 Å². The molecule has 1 amide bonds. The zero-order valence-electron chi connectivity index (χ0n) is 15.8. The van der Waals surface area contributed by atoms with Gasteiger partial charge in [0.05, 0.1) is 11.8 Å². The highest BCUT2D eigenvalue weighted by Gasteiger charge is 2.31. The van der Waals surface area contributed by atoms with Crippen LogP contribution in [0.2, 0.25) is 0 Å². The Morgan fingerprint density at radius 1 is 1.14 bits per heavy atom. The van der Waals surface area contributed by atoms with Gasteiger partial charge in [-0.1, -0.05) is 30.3 Å². The third kappa shape index (κ3) is 3.68. The molecule has 0 saturated heterocycles. The molecule has 0 unspecified atom stereocenters. The van der Waals surface area contributed by atoms with E-state index in [0.29, 0.717) is 17.1 Å². The van der Waals surface area contributed by atoms with Gasteiger partial charge in [0, 0.05) is 12.6 Å². The van der Waals surface area contributed by atoms with E-state index in [1.165, 1.54) is 13.1 Å². The molecule has 4 rings (SSSR count). The van der Waals surface area contributed by atoms with Gasteiger partial charge in [-0.05, 0) is 36.8 Å². The Hall–Kier alpha value is -3.33. The molecule has 0 fully saturated rings. The summed E-state index contributed by atoms with van der Waals surface area (Å²) in [6, 6.07) is 14.1. The van der Waals surface area contributed by atoms with Crippen molar-refractivity contribution in [2.75, 3.05) is 13.8 Å². The molecule has 2 aromatic carbocycles. The lowest BCUT2D eigenvalue weighted by Crippen LogP contribution is -2.39. The first-order valence-electron chi connectivity index (χ1n) is 8.91. The average molecular weight is 413 g/mol. The summed E-state index contributed by atoms with van der Waals surface area (Å²) in [5, 5.41) is 2.83. The zero-order chi connectivity index (χ0) is 20.6. The largest absolute Gasteiger partial charge is 0.454 e. The number of allylic oxidation sites excluding steroid dienone is 1. The fourth-order valence-electron chi connectivity index (χ4n) is 3.05. The molecule has 9 heteroatoms. The van der Waals surface area contributed by atoms with E-state index in [1.807, 2.05) is 37.3 Å². The molecule has 2 aliphatic rings. The quantitative estimate of drug-likeness (QED) is 0.828. The van der Waals surface area contributed by atoms with Crippen molar-refractivity contribution in [3.05, 3.63) is 71.4 Å². The van der Waals surface area contributed by atoms with Crippen LogP contribution < -0.4 is 14.8 Å². The van der Waals surface area contributed by atoms with Gasteiger partial charge in [0.25, 0.3) is 5.91 Å². The van der Waals surface area contributed by atoms with Crippen molar-refractivity contribution in [1.29, 1.82) is 0 Å². The maximum atomic E-state index is 12.9. The molecule has 0 radical (unpaired) electrons. The van der Waals surface area contributed by atoms with Crippen LogP contribution in [0.3, 0.4) is 0 Å². The van der Waals surface area contributed by atoms with E-state index in [2.05, 4.69) is 9.71 Å². The van der Waals surface area contributed by atoms with Crippen LogP contribution in [0.4, 0.5) is 0 Å². The third-order valence-corrected chi connectivity index (χ3v) is 6.04. The van der Waals surface area contributed by atoms with Crippen LogP contribution >= 0.6 is 0 Å². The summed E-state index contributed by atoms with van der Waals surface area (Å²) in [5.74, 6) is 0.558. The zero-order valence-corrected chi connectivity index (χ0v) is 16.6. The van der Waals surface area contributed by atoms with Gasteiger partial charge in [0.1, 0.15) is 5.70 Å². The number of hydrogen-bond acceptors (Lipinski definition) is 5. The van der Waals surface area contributed by atoms with Gasteiger partial charge in [0.15, 0.2) is 11.5 Å². The van der Waals surface area contributed by atoms with E-state index in [1.54, 1.807) is 18.2 Å². The third-order valence-electron chi connectivity index (χ3n) is 4.72. The number of carbonyl (C=O) groups excluding carboxylic acids is 1. The highest BCUT2D eigenvalue weighted by atomic mass is 32.2. The van der Waals surface area contributed by atoms with Gasteiger partial charge < -0.3 is 14.8 Å². The molecular formula is C20H19N3O5S. The summed E-state index contributed by atoms with van der Waals surface area (Å²) in [6.45, 7) is 1.94. The number of ether oxygens (including phenoxy) is 2. The average Bonchev–Trinajstić information content (AvgIpc) is 3.18. The predicted octanol–water partition coefficient (Wildman–Crippen LogP) is 2.16. The lowest BCUT2D eigenvalue weighted by atomic mass is 10.1. The number of amides is 1. The van der Waals surface area contributed by atoms with Crippen molar-refractivity contribution in [2.45, 2.75) is 13.0 Å². The summed E-state index contributed by atoms with van der Waals surface area (Å²) in [4.78, 5) is 12.9. The second-order valence-electron chi connectivity index (χ2n) is 6.63. The molecule has 1 atom stereocenters. The lowest BCUT2D eigenvalue weighted by molar-refractivity contribution is -0.119.